The van der Waals surface area contributed by atoms with E-state index in [1.54, 1.807) is 19.2 Å². The lowest BCUT2D eigenvalue weighted by atomic mass is 10.1. The molecule has 3 aromatic carbocycles. The molecule has 0 aliphatic rings. The van der Waals surface area contributed by atoms with Crippen molar-refractivity contribution in [1.29, 1.82) is 5.26 Å². The smallest absolute Gasteiger partial charge is 0.229 e. The second kappa shape index (κ2) is 8.76. The molecule has 4 aromatic rings. The van der Waals surface area contributed by atoms with E-state index in [1.807, 2.05) is 72.8 Å². The second-order valence-corrected chi connectivity index (χ2v) is 6.47. The van der Waals surface area contributed by atoms with E-state index in [1.165, 1.54) is 0 Å². The van der Waals surface area contributed by atoms with Gasteiger partial charge in [0, 0.05) is 17.3 Å². The highest BCUT2D eigenvalue weighted by Gasteiger charge is 2.10. The average molecular weight is 393 g/mol. The molecule has 6 heteroatoms. The van der Waals surface area contributed by atoms with Crippen molar-refractivity contribution in [2.24, 2.45) is 0 Å². The number of ether oxygens (including phenoxy) is 1. The first-order chi connectivity index (χ1) is 14.7. The minimum absolute atomic E-state index is 0.430. The van der Waals surface area contributed by atoms with Gasteiger partial charge in [-0.2, -0.15) is 10.2 Å². The normalized spacial score (nSPS) is 10.1. The van der Waals surface area contributed by atoms with Gasteiger partial charge in [-0.25, -0.2) is 4.98 Å². The molecule has 0 aliphatic carbocycles. The molecular formula is C24H19N5O. The SMILES string of the molecule is COc1ccccc1Nc1nc(Nc2cccc(C#N)c2)cc(-c2ccccc2)n1. The van der Waals surface area contributed by atoms with E-state index in [4.69, 9.17) is 10.00 Å². The number of hydrogen-bond acceptors (Lipinski definition) is 6. The summed E-state index contributed by atoms with van der Waals surface area (Å²) in [4.78, 5) is 9.29. The highest BCUT2D eigenvalue weighted by atomic mass is 16.5. The van der Waals surface area contributed by atoms with Gasteiger partial charge in [0.25, 0.3) is 0 Å². The monoisotopic (exact) mass is 393 g/mol. The number of nitrogens with one attached hydrogen (secondary N) is 2. The van der Waals surface area contributed by atoms with Gasteiger partial charge in [-0.3, -0.25) is 0 Å². The minimum Gasteiger partial charge on any atom is -0.495 e. The highest BCUT2D eigenvalue weighted by molar-refractivity contribution is 5.70. The lowest BCUT2D eigenvalue weighted by molar-refractivity contribution is 0.417. The molecule has 0 atom stereocenters. The number of aromatic nitrogens is 2. The average Bonchev–Trinajstić information content (AvgIpc) is 2.80. The van der Waals surface area contributed by atoms with Crippen LogP contribution in [0.2, 0.25) is 0 Å². The fourth-order valence-corrected chi connectivity index (χ4v) is 3.01. The first-order valence-corrected chi connectivity index (χ1v) is 9.37. The van der Waals surface area contributed by atoms with Crippen molar-refractivity contribution in [3.63, 3.8) is 0 Å². The van der Waals surface area contributed by atoms with Gasteiger partial charge < -0.3 is 15.4 Å². The second-order valence-electron chi connectivity index (χ2n) is 6.47. The third-order valence-electron chi connectivity index (χ3n) is 4.41. The van der Waals surface area contributed by atoms with E-state index in [0.29, 0.717) is 23.1 Å². The van der Waals surface area contributed by atoms with Crippen molar-refractivity contribution in [3.8, 4) is 23.1 Å². The summed E-state index contributed by atoms with van der Waals surface area (Å²) < 4.78 is 5.42. The third-order valence-corrected chi connectivity index (χ3v) is 4.41. The van der Waals surface area contributed by atoms with Crippen LogP contribution in [0.1, 0.15) is 5.56 Å². The molecule has 1 heterocycles. The number of nitriles is 1. The summed E-state index contributed by atoms with van der Waals surface area (Å²) in [6.45, 7) is 0. The fourth-order valence-electron chi connectivity index (χ4n) is 3.01. The summed E-state index contributed by atoms with van der Waals surface area (Å²) in [6.07, 6.45) is 0. The van der Waals surface area contributed by atoms with Crippen molar-refractivity contribution in [1.82, 2.24) is 9.97 Å². The maximum atomic E-state index is 9.15. The van der Waals surface area contributed by atoms with Crippen molar-refractivity contribution in [2.45, 2.75) is 0 Å². The summed E-state index contributed by atoms with van der Waals surface area (Å²) in [5, 5.41) is 15.7. The van der Waals surface area contributed by atoms with E-state index in [-0.39, 0.29) is 0 Å². The lowest BCUT2D eigenvalue weighted by Gasteiger charge is -2.13. The Morgan fingerprint density at radius 2 is 1.63 bits per heavy atom. The molecule has 30 heavy (non-hydrogen) atoms. The Labute approximate surface area is 174 Å². The van der Waals surface area contributed by atoms with Gasteiger partial charge >= 0.3 is 0 Å². The van der Waals surface area contributed by atoms with Crippen molar-refractivity contribution < 1.29 is 4.74 Å². The Morgan fingerprint density at radius 1 is 0.833 bits per heavy atom. The van der Waals surface area contributed by atoms with Crippen LogP contribution in [-0.2, 0) is 0 Å². The number of rotatable bonds is 6. The van der Waals surface area contributed by atoms with Crippen LogP contribution in [0.15, 0.2) is 84.9 Å². The Hall–Kier alpha value is -4.37. The molecule has 0 unspecified atom stereocenters. The molecule has 0 aliphatic heterocycles. The van der Waals surface area contributed by atoms with E-state index < -0.39 is 0 Å². The minimum atomic E-state index is 0.430. The topological polar surface area (TPSA) is 82.9 Å². The number of benzene rings is 3. The summed E-state index contributed by atoms with van der Waals surface area (Å²) >= 11 is 0. The zero-order valence-electron chi connectivity index (χ0n) is 16.3. The molecule has 0 saturated heterocycles. The summed E-state index contributed by atoms with van der Waals surface area (Å²) in [5.74, 6) is 1.73. The van der Waals surface area contributed by atoms with Gasteiger partial charge in [0.15, 0.2) is 0 Å². The van der Waals surface area contributed by atoms with Gasteiger partial charge in [0.05, 0.1) is 30.1 Å². The number of para-hydroxylation sites is 2. The van der Waals surface area contributed by atoms with Gasteiger partial charge in [-0.05, 0) is 30.3 Å². The van der Waals surface area contributed by atoms with Crippen LogP contribution in [0.4, 0.5) is 23.1 Å². The molecule has 0 radical (unpaired) electrons. The molecule has 0 bridgehead atoms. The first kappa shape index (κ1) is 19.0. The van der Waals surface area contributed by atoms with Gasteiger partial charge in [-0.1, -0.05) is 48.5 Å². The molecule has 0 spiro atoms. The van der Waals surface area contributed by atoms with Crippen LogP contribution in [-0.4, -0.2) is 17.1 Å². The lowest BCUT2D eigenvalue weighted by Crippen LogP contribution is -2.03. The molecule has 0 fully saturated rings. The molecule has 0 saturated carbocycles. The Bertz CT molecular complexity index is 1200. The third kappa shape index (κ3) is 4.37. The Morgan fingerprint density at radius 3 is 2.43 bits per heavy atom. The highest BCUT2D eigenvalue weighted by Crippen LogP contribution is 2.29. The summed E-state index contributed by atoms with van der Waals surface area (Å²) in [5.41, 5.74) is 3.85. The molecule has 1 aromatic heterocycles. The van der Waals surface area contributed by atoms with E-state index in [2.05, 4.69) is 26.7 Å². The van der Waals surface area contributed by atoms with Crippen LogP contribution >= 0.6 is 0 Å². The molecular weight excluding hydrogens is 374 g/mol. The molecule has 2 N–H and O–H groups in total. The van der Waals surface area contributed by atoms with Crippen molar-refractivity contribution >= 4 is 23.1 Å². The predicted octanol–water partition coefficient (Wildman–Crippen LogP) is 5.51. The largest absolute Gasteiger partial charge is 0.495 e. The van der Waals surface area contributed by atoms with E-state index in [9.17, 15) is 0 Å². The predicted molar refractivity (Wildman–Crippen MR) is 118 cm³/mol. The first-order valence-electron chi connectivity index (χ1n) is 9.37. The van der Waals surface area contributed by atoms with Gasteiger partial charge in [-0.15, -0.1) is 0 Å². The number of anilines is 4. The molecule has 146 valence electrons. The Balaban J connectivity index is 1.74. The number of nitrogens with zero attached hydrogens (tertiary/aromatic N) is 3. The molecule has 6 nitrogen and oxygen atoms in total. The summed E-state index contributed by atoms with van der Waals surface area (Å²) in [7, 11) is 1.62. The van der Waals surface area contributed by atoms with Gasteiger partial charge in [0.1, 0.15) is 11.6 Å². The number of hydrogen-bond donors (Lipinski definition) is 2. The zero-order valence-corrected chi connectivity index (χ0v) is 16.3. The van der Waals surface area contributed by atoms with E-state index >= 15 is 0 Å². The van der Waals surface area contributed by atoms with Crippen LogP contribution in [0.5, 0.6) is 5.75 Å². The van der Waals surface area contributed by atoms with Crippen molar-refractivity contribution in [3.05, 3.63) is 90.5 Å². The van der Waals surface area contributed by atoms with Gasteiger partial charge in [0.2, 0.25) is 5.95 Å². The standard InChI is InChI=1S/C24H19N5O/c1-30-22-13-6-5-12-20(22)27-24-28-21(18-9-3-2-4-10-18)15-23(29-24)26-19-11-7-8-17(14-19)16-25/h2-15H,1H3,(H2,26,27,28,29). The zero-order chi connectivity index (χ0) is 20.8. The summed E-state index contributed by atoms with van der Waals surface area (Å²) in [6, 6.07) is 28.8. The van der Waals surface area contributed by atoms with Crippen LogP contribution in [0, 0.1) is 11.3 Å². The van der Waals surface area contributed by atoms with Crippen LogP contribution < -0.4 is 15.4 Å². The van der Waals surface area contributed by atoms with Crippen molar-refractivity contribution in [2.75, 3.05) is 17.7 Å². The maximum Gasteiger partial charge on any atom is 0.229 e. The van der Waals surface area contributed by atoms with Crippen LogP contribution in [0.3, 0.4) is 0 Å². The molecule has 4 rings (SSSR count). The number of methoxy groups -OCH3 is 1. The van der Waals surface area contributed by atoms with E-state index in [0.717, 1.165) is 22.6 Å². The quantitative estimate of drug-likeness (QED) is 0.449. The molecule has 0 amide bonds. The maximum absolute atomic E-state index is 9.15. The van der Waals surface area contributed by atoms with Crippen LogP contribution in [0.25, 0.3) is 11.3 Å². The fraction of sp³-hybridized carbons (Fsp3) is 0.0417. The Kier molecular flexibility index (Phi) is 5.54.